The Morgan fingerprint density at radius 3 is 2.57 bits per heavy atom. The molecule has 1 N–H and O–H groups in total. The maximum absolute atomic E-state index is 12.7. The molecule has 2 aromatic carbocycles. The van der Waals surface area contributed by atoms with E-state index in [9.17, 15) is 4.79 Å². The van der Waals surface area contributed by atoms with Gasteiger partial charge in [0.05, 0.1) is 18.3 Å². The van der Waals surface area contributed by atoms with Crippen LogP contribution in [0.2, 0.25) is 5.02 Å². The first-order valence-electron chi connectivity index (χ1n) is 9.78. The van der Waals surface area contributed by atoms with E-state index in [-0.39, 0.29) is 11.9 Å². The van der Waals surface area contributed by atoms with E-state index in [2.05, 4.69) is 21.2 Å². The third-order valence-corrected chi connectivity index (χ3v) is 5.68. The van der Waals surface area contributed by atoms with E-state index in [0.29, 0.717) is 11.6 Å². The number of carbonyl (C=O) groups is 1. The fourth-order valence-corrected chi connectivity index (χ4v) is 3.67. The molecule has 1 saturated heterocycles. The number of hydrogen-bond donors (Lipinski definition) is 1. The van der Waals surface area contributed by atoms with Gasteiger partial charge in [0.15, 0.2) is 0 Å². The van der Waals surface area contributed by atoms with E-state index in [1.54, 1.807) is 0 Å². The van der Waals surface area contributed by atoms with Gasteiger partial charge in [0.1, 0.15) is 5.75 Å². The van der Waals surface area contributed by atoms with Gasteiger partial charge in [0.25, 0.3) is 0 Å². The molecule has 0 spiro atoms. The predicted molar refractivity (Wildman–Crippen MR) is 116 cm³/mol. The molecule has 150 valence electrons. The third-order valence-electron chi connectivity index (χ3n) is 5.27. The molecule has 28 heavy (non-hydrogen) atoms. The van der Waals surface area contributed by atoms with E-state index in [1.807, 2.05) is 57.2 Å². The van der Waals surface area contributed by atoms with E-state index in [1.165, 1.54) is 0 Å². The fraction of sp³-hybridized carbons (Fsp3) is 0.409. The number of rotatable bonds is 6. The van der Waals surface area contributed by atoms with Crippen LogP contribution in [0.15, 0.2) is 42.5 Å². The molecular formula is C22H28ClN3O2. The average Bonchev–Trinajstić information content (AvgIpc) is 2.71. The van der Waals surface area contributed by atoms with Crippen molar-refractivity contribution in [3.8, 4) is 5.75 Å². The van der Waals surface area contributed by atoms with Crippen molar-refractivity contribution in [1.82, 2.24) is 4.90 Å². The summed E-state index contributed by atoms with van der Waals surface area (Å²) in [4.78, 5) is 17.3. The van der Waals surface area contributed by atoms with E-state index in [4.69, 9.17) is 16.3 Å². The van der Waals surface area contributed by atoms with Crippen molar-refractivity contribution in [3.63, 3.8) is 0 Å². The normalized spacial score (nSPS) is 15.9. The average molecular weight is 402 g/mol. The summed E-state index contributed by atoms with van der Waals surface area (Å²) in [5, 5.41) is 3.68. The van der Waals surface area contributed by atoms with Crippen LogP contribution in [-0.2, 0) is 4.79 Å². The van der Waals surface area contributed by atoms with Crippen molar-refractivity contribution in [2.24, 2.45) is 0 Å². The number of halogens is 1. The summed E-state index contributed by atoms with van der Waals surface area (Å²) in [6, 6.07) is 13.5. The molecular weight excluding hydrogens is 374 g/mol. The SMILES string of the molecule is CCOc1ccccc1N1CCN([C@@H](C)C(=O)Nc2cccc(Cl)c2C)CC1. The molecule has 0 radical (unpaired) electrons. The van der Waals surface area contributed by atoms with Gasteiger partial charge in [-0.2, -0.15) is 0 Å². The number of benzene rings is 2. The smallest absolute Gasteiger partial charge is 0.241 e. The number of piperazine rings is 1. The number of amides is 1. The molecule has 1 aliphatic heterocycles. The monoisotopic (exact) mass is 401 g/mol. The molecule has 3 rings (SSSR count). The highest BCUT2D eigenvalue weighted by atomic mass is 35.5. The molecule has 2 aromatic rings. The molecule has 0 bridgehead atoms. The van der Waals surface area contributed by atoms with Gasteiger partial charge in [-0.25, -0.2) is 0 Å². The molecule has 5 nitrogen and oxygen atoms in total. The van der Waals surface area contributed by atoms with Gasteiger partial charge < -0.3 is 15.0 Å². The lowest BCUT2D eigenvalue weighted by molar-refractivity contribution is -0.120. The lowest BCUT2D eigenvalue weighted by atomic mass is 10.1. The molecule has 0 aromatic heterocycles. The maximum atomic E-state index is 12.7. The molecule has 6 heteroatoms. The summed E-state index contributed by atoms with van der Waals surface area (Å²) in [6.07, 6.45) is 0. The Morgan fingerprint density at radius 2 is 1.86 bits per heavy atom. The van der Waals surface area contributed by atoms with Crippen molar-refractivity contribution in [2.45, 2.75) is 26.8 Å². The standard InChI is InChI=1S/C22H28ClN3O2/c1-4-28-21-11-6-5-10-20(21)26-14-12-25(13-15-26)17(3)22(27)24-19-9-7-8-18(23)16(19)2/h5-11,17H,4,12-15H2,1-3H3,(H,24,27)/t17-/m0/s1. The number of para-hydroxylation sites is 2. The number of nitrogens with zero attached hydrogens (tertiary/aromatic N) is 2. The number of nitrogens with one attached hydrogen (secondary N) is 1. The first kappa shape index (κ1) is 20.5. The zero-order chi connectivity index (χ0) is 20.1. The van der Waals surface area contributed by atoms with Crippen LogP contribution in [0, 0.1) is 6.92 Å². The Balaban J connectivity index is 1.60. The van der Waals surface area contributed by atoms with Crippen LogP contribution in [0.3, 0.4) is 0 Å². The Morgan fingerprint density at radius 1 is 1.14 bits per heavy atom. The van der Waals surface area contributed by atoms with Crippen LogP contribution in [0.5, 0.6) is 5.75 Å². The van der Waals surface area contributed by atoms with Gasteiger partial charge in [-0.3, -0.25) is 9.69 Å². The van der Waals surface area contributed by atoms with E-state index in [0.717, 1.165) is 48.9 Å². The summed E-state index contributed by atoms with van der Waals surface area (Å²) in [7, 11) is 0. The van der Waals surface area contributed by atoms with Gasteiger partial charge >= 0.3 is 0 Å². The van der Waals surface area contributed by atoms with Gasteiger partial charge in [0, 0.05) is 36.9 Å². The van der Waals surface area contributed by atoms with E-state index >= 15 is 0 Å². The van der Waals surface area contributed by atoms with Gasteiger partial charge in [0.2, 0.25) is 5.91 Å². The van der Waals surface area contributed by atoms with Crippen LogP contribution in [0.25, 0.3) is 0 Å². The highest BCUT2D eigenvalue weighted by molar-refractivity contribution is 6.31. The van der Waals surface area contributed by atoms with Crippen LogP contribution in [0.4, 0.5) is 11.4 Å². The quantitative estimate of drug-likeness (QED) is 0.788. The van der Waals surface area contributed by atoms with Crippen molar-refractivity contribution >= 4 is 28.9 Å². The largest absolute Gasteiger partial charge is 0.492 e. The maximum Gasteiger partial charge on any atom is 0.241 e. The Kier molecular flexibility index (Phi) is 6.81. The Bertz CT molecular complexity index is 819. The number of anilines is 2. The highest BCUT2D eigenvalue weighted by Gasteiger charge is 2.27. The number of hydrogen-bond acceptors (Lipinski definition) is 4. The minimum atomic E-state index is -0.206. The molecule has 0 saturated carbocycles. The second-order valence-corrected chi connectivity index (χ2v) is 7.41. The van der Waals surface area contributed by atoms with Crippen LogP contribution < -0.4 is 15.0 Å². The van der Waals surface area contributed by atoms with Crippen molar-refractivity contribution in [2.75, 3.05) is 43.0 Å². The molecule has 0 unspecified atom stereocenters. The minimum absolute atomic E-state index is 0.00599. The predicted octanol–water partition coefficient (Wildman–Crippen LogP) is 4.20. The summed E-state index contributed by atoms with van der Waals surface area (Å²) in [5.74, 6) is 0.911. The Hall–Kier alpha value is -2.24. The zero-order valence-corrected chi connectivity index (χ0v) is 17.5. The van der Waals surface area contributed by atoms with Crippen LogP contribution in [-0.4, -0.2) is 49.6 Å². The summed E-state index contributed by atoms with van der Waals surface area (Å²) < 4.78 is 5.76. The van der Waals surface area contributed by atoms with Crippen LogP contribution >= 0.6 is 11.6 Å². The Labute approximate surface area is 172 Å². The fourth-order valence-electron chi connectivity index (χ4n) is 3.49. The second-order valence-electron chi connectivity index (χ2n) is 7.00. The highest BCUT2D eigenvalue weighted by Crippen LogP contribution is 2.29. The molecule has 1 fully saturated rings. The summed E-state index contributed by atoms with van der Waals surface area (Å²) >= 11 is 6.16. The van der Waals surface area contributed by atoms with Crippen LogP contribution in [0.1, 0.15) is 19.4 Å². The molecule has 0 aliphatic carbocycles. The molecule has 1 atom stereocenters. The second kappa shape index (κ2) is 9.30. The number of carbonyl (C=O) groups excluding carboxylic acids is 1. The zero-order valence-electron chi connectivity index (χ0n) is 16.7. The first-order chi connectivity index (χ1) is 13.5. The molecule has 1 heterocycles. The topological polar surface area (TPSA) is 44.8 Å². The van der Waals surface area contributed by atoms with Gasteiger partial charge in [-0.05, 0) is 50.6 Å². The van der Waals surface area contributed by atoms with Crippen molar-refractivity contribution in [1.29, 1.82) is 0 Å². The van der Waals surface area contributed by atoms with Gasteiger partial charge in [-0.1, -0.05) is 29.8 Å². The van der Waals surface area contributed by atoms with Gasteiger partial charge in [-0.15, -0.1) is 0 Å². The van der Waals surface area contributed by atoms with Crippen molar-refractivity contribution < 1.29 is 9.53 Å². The lowest BCUT2D eigenvalue weighted by Crippen LogP contribution is -2.53. The summed E-state index contributed by atoms with van der Waals surface area (Å²) in [5.41, 5.74) is 2.78. The summed E-state index contributed by atoms with van der Waals surface area (Å²) in [6.45, 7) is 9.88. The van der Waals surface area contributed by atoms with E-state index < -0.39 is 0 Å². The third kappa shape index (κ3) is 4.59. The minimum Gasteiger partial charge on any atom is -0.492 e. The molecule has 1 aliphatic rings. The lowest BCUT2D eigenvalue weighted by Gasteiger charge is -2.39. The first-order valence-corrected chi connectivity index (χ1v) is 10.2. The van der Waals surface area contributed by atoms with Crippen molar-refractivity contribution in [3.05, 3.63) is 53.1 Å². The molecule has 1 amide bonds. The number of ether oxygens (including phenoxy) is 1.